The first-order valence-electron chi connectivity index (χ1n) is 6.78. The van der Waals surface area contributed by atoms with Gasteiger partial charge in [0.25, 0.3) is 0 Å². The van der Waals surface area contributed by atoms with E-state index in [9.17, 15) is 9.90 Å². The molecule has 0 aliphatic carbocycles. The molecule has 0 aliphatic heterocycles. The average molecular weight is 275 g/mol. The Morgan fingerprint density at radius 2 is 1.50 bits per heavy atom. The molecule has 1 amide bonds. The maximum Gasteiger partial charge on any atom is 0.247 e. The van der Waals surface area contributed by atoms with Crippen molar-refractivity contribution < 1.29 is 9.90 Å². The molecule has 0 atom stereocenters. The van der Waals surface area contributed by atoms with Crippen LogP contribution >= 0.6 is 0 Å². The third-order valence-corrected chi connectivity index (χ3v) is 3.18. The highest BCUT2D eigenvalue weighted by molar-refractivity contribution is 5.99. The number of hydrogen-bond donors (Lipinski definition) is 2. The summed E-state index contributed by atoms with van der Waals surface area (Å²) >= 11 is 0. The van der Waals surface area contributed by atoms with Crippen LogP contribution in [0.15, 0.2) is 24.8 Å². The molecule has 0 unspecified atom stereocenters. The number of hydrogen-bond acceptors (Lipinski definition) is 2. The summed E-state index contributed by atoms with van der Waals surface area (Å²) < 4.78 is 0. The fourth-order valence-electron chi connectivity index (χ4n) is 2.04. The molecule has 1 rings (SSSR count). The Morgan fingerprint density at radius 3 is 1.80 bits per heavy atom. The van der Waals surface area contributed by atoms with Crippen molar-refractivity contribution in [1.29, 1.82) is 0 Å². The molecule has 1 aromatic carbocycles. The second-order valence-corrected chi connectivity index (χ2v) is 7.11. The minimum absolute atomic E-state index is 0.209. The molecule has 1 aromatic rings. The molecule has 0 bridgehead atoms. The van der Waals surface area contributed by atoms with Crippen LogP contribution in [-0.4, -0.2) is 11.0 Å². The lowest BCUT2D eigenvalue weighted by atomic mass is 9.79. The Kier molecular flexibility index (Phi) is 4.33. The number of phenolic OH excluding ortho intramolecular Hbond substituents is 1. The van der Waals surface area contributed by atoms with Gasteiger partial charge in [0.1, 0.15) is 5.75 Å². The summed E-state index contributed by atoms with van der Waals surface area (Å²) in [6.07, 6.45) is 1.24. The Hall–Kier alpha value is -1.77. The molecule has 0 radical (unpaired) electrons. The first-order chi connectivity index (χ1) is 8.96. The van der Waals surface area contributed by atoms with E-state index < -0.39 is 0 Å². The number of amides is 1. The molecule has 0 fully saturated rings. The number of aromatic hydroxyl groups is 1. The van der Waals surface area contributed by atoms with Crippen LogP contribution in [0.4, 0.5) is 5.69 Å². The topological polar surface area (TPSA) is 49.3 Å². The lowest BCUT2D eigenvalue weighted by Crippen LogP contribution is -2.18. The van der Waals surface area contributed by atoms with Crippen molar-refractivity contribution >= 4 is 11.6 Å². The maximum atomic E-state index is 11.5. The van der Waals surface area contributed by atoms with Gasteiger partial charge in [-0.25, -0.2) is 0 Å². The fourth-order valence-corrected chi connectivity index (χ4v) is 2.04. The van der Waals surface area contributed by atoms with Gasteiger partial charge < -0.3 is 10.4 Å². The van der Waals surface area contributed by atoms with Crippen LogP contribution in [-0.2, 0) is 15.6 Å². The van der Waals surface area contributed by atoms with E-state index in [1.165, 1.54) is 6.08 Å². The third-order valence-electron chi connectivity index (χ3n) is 3.18. The molecule has 20 heavy (non-hydrogen) atoms. The van der Waals surface area contributed by atoms with Crippen molar-refractivity contribution in [2.45, 2.75) is 52.4 Å². The molecule has 3 heteroatoms. The Morgan fingerprint density at radius 1 is 1.10 bits per heavy atom. The largest absolute Gasteiger partial charge is 0.507 e. The average Bonchev–Trinajstić information content (AvgIpc) is 2.28. The number of anilines is 1. The van der Waals surface area contributed by atoms with Gasteiger partial charge in [0, 0.05) is 16.8 Å². The van der Waals surface area contributed by atoms with Crippen molar-refractivity contribution in [2.75, 3.05) is 5.32 Å². The van der Waals surface area contributed by atoms with Crippen molar-refractivity contribution in [3.05, 3.63) is 35.9 Å². The van der Waals surface area contributed by atoms with Crippen molar-refractivity contribution in [2.24, 2.45) is 0 Å². The van der Waals surface area contributed by atoms with Crippen molar-refractivity contribution in [1.82, 2.24) is 0 Å². The van der Waals surface area contributed by atoms with Gasteiger partial charge in [0.05, 0.1) is 0 Å². The summed E-state index contributed by atoms with van der Waals surface area (Å²) in [7, 11) is 0. The predicted octanol–water partition coefficient (Wildman–Crippen LogP) is 4.11. The molecule has 3 nitrogen and oxygen atoms in total. The first-order valence-corrected chi connectivity index (χ1v) is 6.78. The lowest BCUT2D eigenvalue weighted by Gasteiger charge is -2.28. The summed E-state index contributed by atoms with van der Waals surface area (Å²) in [5.41, 5.74) is 1.91. The smallest absolute Gasteiger partial charge is 0.247 e. The van der Waals surface area contributed by atoms with Gasteiger partial charge in [-0.1, -0.05) is 48.1 Å². The van der Waals surface area contributed by atoms with E-state index in [0.29, 0.717) is 11.4 Å². The van der Waals surface area contributed by atoms with Gasteiger partial charge in [-0.3, -0.25) is 4.79 Å². The molecule has 0 heterocycles. The van der Waals surface area contributed by atoms with Gasteiger partial charge in [-0.05, 0) is 29.0 Å². The second kappa shape index (κ2) is 5.31. The summed E-state index contributed by atoms with van der Waals surface area (Å²) in [6.45, 7) is 15.7. The molecular weight excluding hydrogens is 250 g/mol. The van der Waals surface area contributed by atoms with Crippen LogP contribution in [0.2, 0.25) is 0 Å². The van der Waals surface area contributed by atoms with Gasteiger partial charge in [0.2, 0.25) is 5.91 Å². The molecular formula is C17H25NO2. The highest BCUT2D eigenvalue weighted by Gasteiger charge is 2.26. The number of rotatable bonds is 2. The number of benzene rings is 1. The quantitative estimate of drug-likeness (QED) is 0.630. The lowest BCUT2D eigenvalue weighted by molar-refractivity contribution is -0.111. The zero-order valence-electron chi connectivity index (χ0n) is 13.3. The van der Waals surface area contributed by atoms with Crippen LogP contribution in [0.3, 0.4) is 0 Å². The van der Waals surface area contributed by atoms with E-state index in [4.69, 9.17) is 0 Å². The van der Waals surface area contributed by atoms with Crippen LogP contribution in [0, 0.1) is 0 Å². The first kappa shape index (κ1) is 16.3. The number of carbonyl (C=O) groups is 1. The summed E-state index contributed by atoms with van der Waals surface area (Å²) in [5, 5.41) is 13.3. The molecule has 0 saturated heterocycles. The van der Waals surface area contributed by atoms with Gasteiger partial charge in [0.15, 0.2) is 0 Å². The molecule has 0 saturated carbocycles. The number of phenols is 1. The summed E-state index contributed by atoms with van der Waals surface area (Å²) in [6, 6.07) is 3.65. The SMILES string of the molecule is C=CC(=O)Nc1cc(C(C)(C)C)c(O)c(C(C)(C)C)c1. The van der Waals surface area contributed by atoms with E-state index in [0.717, 1.165) is 11.1 Å². The van der Waals surface area contributed by atoms with Gasteiger partial charge in [-0.15, -0.1) is 0 Å². The summed E-state index contributed by atoms with van der Waals surface area (Å²) in [4.78, 5) is 11.5. The molecule has 110 valence electrons. The molecule has 2 N–H and O–H groups in total. The zero-order valence-corrected chi connectivity index (χ0v) is 13.3. The van der Waals surface area contributed by atoms with Crippen molar-refractivity contribution in [3.63, 3.8) is 0 Å². The minimum atomic E-state index is -0.254. The van der Waals surface area contributed by atoms with Gasteiger partial charge in [-0.2, -0.15) is 0 Å². The standard InChI is InChI=1S/C17H25NO2/c1-8-14(19)18-11-9-12(16(2,3)4)15(20)13(10-11)17(5,6)7/h8-10,20H,1H2,2-7H3,(H,18,19). The predicted molar refractivity (Wildman–Crippen MR) is 84.3 cm³/mol. The molecule has 0 aromatic heterocycles. The van der Waals surface area contributed by atoms with E-state index in [1.54, 1.807) is 0 Å². The monoisotopic (exact) mass is 275 g/mol. The highest BCUT2D eigenvalue weighted by atomic mass is 16.3. The van der Waals surface area contributed by atoms with Crippen molar-refractivity contribution in [3.8, 4) is 5.75 Å². The van der Waals surface area contributed by atoms with Crippen LogP contribution in [0.25, 0.3) is 0 Å². The van der Waals surface area contributed by atoms with E-state index >= 15 is 0 Å². The number of carbonyl (C=O) groups excluding carboxylic acids is 1. The third kappa shape index (κ3) is 3.62. The highest BCUT2D eigenvalue weighted by Crippen LogP contribution is 2.40. The Balaban J connectivity index is 3.50. The minimum Gasteiger partial charge on any atom is -0.507 e. The summed E-state index contributed by atoms with van der Waals surface area (Å²) in [5.74, 6) is 0.0528. The molecule has 0 spiro atoms. The van der Waals surface area contributed by atoms with Gasteiger partial charge >= 0.3 is 0 Å². The van der Waals surface area contributed by atoms with E-state index in [1.807, 2.05) is 53.7 Å². The maximum absolute atomic E-state index is 11.5. The van der Waals surface area contributed by atoms with Crippen LogP contribution < -0.4 is 5.32 Å². The second-order valence-electron chi connectivity index (χ2n) is 7.11. The molecule has 0 aliphatic rings. The Labute approximate surface area is 121 Å². The number of nitrogens with one attached hydrogen (secondary N) is 1. The van der Waals surface area contributed by atoms with Crippen LogP contribution in [0.1, 0.15) is 52.7 Å². The Bertz CT molecular complexity index is 496. The normalized spacial score (nSPS) is 12.1. The zero-order chi connectivity index (χ0) is 15.7. The van der Waals surface area contributed by atoms with E-state index in [2.05, 4.69) is 11.9 Å². The fraction of sp³-hybridized carbons (Fsp3) is 0.471. The van der Waals surface area contributed by atoms with Crippen LogP contribution in [0.5, 0.6) is 5.75 Å². The van der Waals surface area contributed by atoms with E-state index in [-0.39, 0.29) is 16.7 Å².